The summed E-state index contributed by atoms with van der Waals surface area (Å²) in [7, 11) is -4.28. The monoisotopic (exact) mass is 381 g/mol. The van der Waals surface area contributed by atoms with Gasteiger partial charge in [-0.05, 0) is 31.5 Å². The Morgan fingerprint density at radius 2 is 1.74 bits per heavy atom. The molecule has 1 aromatic carbocycles. The van der Waals surface area contributed by atoms with Crippen molar-refractivity contribution >= 4 is 45.2 Å². The minimum absolute atomic E-state index is 0.0714. The van der Waals surface area contributed by atoms with Gasteiger partial charge in [0, 0.05) is 16.6 Å². The van der Waals surface area contributed by atoms with Gasteiger partial charge in [0.1, 0.15) is 5.54 Å². The van der Waals surface area contributed by atoms with Gasteiger partial charge in [-0.25, -0.2) is 8.42 Å². The number of sulfonamides is 1. The fourth-order valence-electron chi connectivity index (χ4n) is 2.73. The number of hydrogen-bond acceptors (Lipinski definition) is 4. The van der Waals surface area contributed by atoms with Crippen LogP contribution in [0, 0.1) is 5.92 Å². The molecule has 126 valence electrons. The summed E-state index contributed by atoms with van der Waals surface area (Å²) in [5, 5.41) is 18.8. The van der Waals surface area contributed by atoms with Crippen molar-refractivity contribution in [2.45, 2.75) is 23.8 Å². The number of hydrogen-bond donors (Lipinski definition) is 2. The SMILES string of the molecule is C[C@@]1(C(=O)O)C(C(=O)O)CCN1S(=O)(=O)c1cc(Cl)cc(Cl)c1. The predicted molar refractivity (Wildman–Crippen MR) is 82.1 cm³/mol. The maximum atomic E-state index is 12.8. The maximum absolute atomic E-state index is 12.8. The van der Waals surface area contributed by atoms with Gasteiger partial charge in [-0.2, -0.15) is 4.31 Å². The van der Waals surface area contributed by atoms with Gasteiger partial charge in [0.25, 0.3) is 0 Å². The van der Waals surface area contributed by atoms with Gasteiger partial charge in [0.05, 0.1) is 10.8 Å². The molecular weight excluding hydrogens is 369 g/mol. The minimum Gasteiger partial charge on any atom is -0.481 e. The second-order valence-electron chi connectivity index (χ2n) is 5.31. The fraction of sp³-hybridized carbons (Fsp3) is 0.385. The Balaban J connectivity index is 2.59. The molecule has 0 amide bonds. The molecule has 1 aromatic rings. The molecule has 0 spiro atoms. The van der Waals surface area contributed by atoms with Crippen LogP contribution >= 0.6 is 23.2 Å². The van der Waals surface area contributed by atoms with Crippen LogP contribution in [0.1, 0.15) is 13.3 Å². The van der Waals surface area contributed by atoms with Crippen LogP contribution in [-0.2, 0) is 19.6 Å². The third-order valence-corrected chi connectivity index (χ3v) is 6.38. The van der Waals surface area contributed by atoms with Gasteiger partial charge >= 0.3 is 11.9 Å². The fourth-order valence-corrected chi connectivity index (χ4v) is 5.24. The van der Waals surface area contributed by atoms with Gasteiger partial charge < -0.3 is 10.2 Å². The van der Waals surface area contributed by atoms with Crippen LogP contribution < -0.4 is 0 Å². The summed E-state index contributed by atoms with van der Waals surface area (Å²) in [6.45, 7) is 0.858. The van der Waals surface area contributed by atoms with E-state index in [1.165, 1.54) is 6.07 Å². The highest BCUT2D eigenvalue weighted by Crippen LogP contribution is 2.40. The van der Waals surface area contributed by atoms with Crippen LogP contribution in [0.3, 0.4) is 0 Å². The summed E-state index contributed by atoms with van der Waals surface area (Å²) in [4.78, 5) is 22.7. The van der Waals surface area contributed by atoms with Gasteiger partial charge in [-0.3, -0.25) is 9.59 Å². The Hall–Kier alpha value is -1.35. The molecule has 2 rings (SSSR count). The highest BCUT2D eigenvalue weighted by Gasteiger charge is 2.58. The molecule has 0 bridgehead atoms. The Morgan fingerprint density at radius 1 is 1.22 bits per heavy atom. The lowest BCUT2D eigenvalue weighted by molar-refractivity contribution is -0.156. The third kappa shape index (κ3) is 2.91. The van der Waals surface area contributed by atoms with E-state index in [-0.39, 0.29) is 27.9 Å². The number of benzene rings is 1. The van der Waals surface area contributed by atoms with Crippen molar-refractivity contribution < 1.29 is 28.2 Å². The van der Waals surface area contributed by atoms with E-state index in [1.54, 1.807) is 0 Å². The molecule has 2 atom stereocenters. The van der Waals surface area contributed by atoms with Crippen LogP contribution in [0.15, 0.2) is 23.1 Å². The summed E-state index contributed by atoms with van der Waals surface area (Å²) >= 11 is 11.6. The summed E-state index contributed by atoms with van der Waals surface area (Å²) in [5.41, 5.74) is -2.10. The normalized spacial score (nSPS) is 25.4. The standard InChI is InChI=1S/C13H13Cl2NO6S/c1-13(12(19)20)10(11(17)18)2-3-16(13)23(21,22)9-5-7(14)4-8(15)6-9/h4-6,10H,2-3H2,1H3,(H,17,18)(H,19,20)/t10?,13-/m0/s1. The molecule has 1 unspecified atom stereocenters. The zero-order valence-corrected chi connectivity index (χ0v) is 14.2. The number of nitrogens with zero attached hydrogens (tertiary/aromatic N) is 1. The number of rotatable bonds is 4. The van der Waals surface area contributed by atoms with Crippen LogP contribution in [0.25, 0.3) is 0 Å². The first-order chi connectivity index (χ1) is 10.5. The molecule has 1 heterocycles. The zero-order chi connectivity index (χ0) is 17.6. The summed E-state index contributed by atoms with van der Waals surface area (Å²) in [6.07, 6.45) is -0.105. The van der Waals surface area contributed by atoms with Crippen molar-refractivity contribution in [3.8, 4) is 0 Å². The molecule has 0 saturated carbocycles. The largest absolute Gasteiger partial charge is 0.481 e. The van der Waals surface area contributed by atoms with Crippen LogP contribution in [0.4, 0.5) is 0 Å². The molecule has 2 N–H and O–H groups in total. The van der Waals surface area contributed by atoms with Gasteiger partial charge in [-0.15, -0.1) is 0 Å². The molecule has 0 aliphatic carbocycles. The molecule has 23 heavy (non-hydrogen) atoms. The first-order valence-corrected chi connectivity index (χ1v) is 8.66. The van der Waals surface area contributed by atoms with Crippen LogP contribution in [0.5, 0.6) is 0 Å². The average molecular weight is 382 g/mol. The van der Waals surface area contributed by atoms with E-state index < -0.39 is 33.4 Å². The van der Waals surface area contributed by atoms with Crippen molar-refractivity contribution in [1.82, 2.24) is 4.31 Å². The Bertz CT molecular complexity index is 760. The van der Waals surface area contributed by atoms with Gasteiger partial charge in [0.2, 0.25) is 10.0 Å². The molecule has 1 aliphatic heterocycles. The van der Waals surface area contributed by atoms with E-state index >= 15 is 0 Å². The summed E-state index contributed by atoms with van der Waals surface area (Å²) in [6, 6.07) is 3.61. The summed E-state index contributed by atoms with van der Waals surface area (Å²) in [5.74, 6) is -4.25. The van der Waals surface area contributed by atoms with E-state index in [9.17, 15) is 28.2 Å². The Morgan fingerprint density at radius 3 is 2.17 bits per heavy atom. The van der Waals surface area contributed by atoms with E-state index in [0.717, 1.165) is 19.1 Å². The van der Waals surface area contributed by atoms with Crippen molar-refractivity contribution in [3.05, 3.63) is 28.2 Å². The van der Waals surface area contributed by atoms with Crippen molar-refractivity contribution in [2.75, 3.05) is 6.54 Å². The van der Waals surface area contributed by atoms with E-state index in [1.807, 2.05) is 0 Å². The summed E-state index contributed by atoms with van der Waals surface area (Å²) < 4.78 is 26.2. The molecule has 1 saturated heterocycles. The quantitative estimate of drug-likeness (QED) is 0.823. The topological polar surface area (TPSA) is 112 Å². The van der Waals surface area contributed by atoms with Gasteiger partial charge in [0.15, 0.2) is 0 Å². The molecule has 1 fully saturated rings. The first kappa shape index (κ1) is 18.0. The predicted octanol–water partition coefficient (Wildman–Crippen LogP) is 1.93. The van der Waals surface area contributed by atoms with Crippen molar-refractivity contribution in [2.24, 2.45) is 5.92 Å². The molecule has 7 nitrogen and oxygen atoms in total. The van der Waals surface area contributed by atoms with Gasteiger partial charge in [-0.1, -0.05) is 23.2 Å². The maximum Gasteiger partial charge on any atom is 0.325 e. The molecule has 10 heteroatoms. The van der Waals surface area contributed by atoms with E-state index in [2.05, 4.69) is 0 Å². The number of carboxylic acids is 2. The smallest absolute Gasteiger partial charge is 0.325 e. The van der Waals surface area contributed by atoms with Crippen LogP contribution in [0.2, 0.25) is 10.0 Å². The Kier molecular flexibility index (Phi) is 4.64. The second-order valence-corrected chi connectivity index (χ2v) is 8.05. The van der Waals surface area contributed by atoms with E-state index in [0.29, 0.717) is 4.31 Å². The average Bonchev–Trinajstić information content (AvgIpc) is 2.77. The number of aliphatic carboxylic acids is 2. The van der Waals surface area contributed by atoms with Crippen LogP contribution in [-0.4, -0.2) is 47.0 Å². The number of carbonyl (C=O) groups is 2. The first-order valence-electron chi connectivity index (χ1n) is 6.46. The lowest BCUT2D eigenvalue weighted by Gasteiger charge is -2.32. The third-order valence-electron chi connectivity index (χ3n) is 3.97. The minimum atomic E-state index is -4.28. The Labute approximate surface area is 142 Å². The number of halogens is 2. The highest BCUT2D eigenvalue weighted by molar-refractivity contribution is 7.89. The highest BCUT2D eigenvalue weighted by atomic mass is 35.5. The molecule has 0 aromatic heterocycles. The lowest BCUT2D eigenvalue weighted by Crippen LogP contribution is -2.55. The molecule has 1 aliphatic rings. The molecule has 0 radical (unpaired) electrons. The van der Waals surface area contributed by atoms with Crippen molar-refractivity contribution in [1.29, 1.82) is 0 Å². The number of carboxylic acid groups (broad SMARTS) is 2. The second kappa shape index (κ2) is 5.94. The van der Waals surface area contributed by atoms with E-state index in [4.69, 9.17) is 23.2 Å². The molecular formula is C13H13Cl2NO6S. The lowest BCUT2D eigenvalue weighted by atomic mass is 9.87. The van der Waals surface area contributed by atoms with Crippen molar-refractivity contribution in [3.63, 3.8) is 0 Å². The zero-order valence-electron chi connectivity index (χ0n) is 11.9.